The fraction of sp³-hybridized carbons (Fsp3) is 0.625. The Balaban J connectivity index is 2.20. The first kappa shape index (κ1) is 15.5. The van der Waals surface area contributed by atoms with E-state index in [9.17, 15) is 5.11 Å². The molecule has 1 aromatic carbocycles. The Hall–Kier alpha value is -0.930. The number of halogens is 1. The molecule has 1 aliphatic rings. The van der Waals surface area contributed by atoms with Gasteiger partial charge in [-0.05, 0) is 32.3 Å². The van der Waals surface area contributed by atoms with Crippen LogP contribution >= 0.6 is 11.6 Å². The lowest BCUT2D eigenvalue weighted by molar-refractivity contribution is 0.118. The first-order valence-electron chi connectivity index (χ1n) is 7.42. The molecule has 1 atom stereocenters. The molecule has 0 radical (unpaired) electrons. The van der Waals surface area contributed by atoms with Crippen molar-refractivity contribution < 1.29 is 14.6 Å². The van der Waals surface area contributed by atoms with Crippen LogP contribution in [0.1, 0.15) is 51.2 Å². The molecular weight excluding hydrogens is 276 g/mol. The highest BCUT2D eigenvalue weighted by molar-refractivity contribution is 6.31. The molecule has 0 saturated heterocycles. The van der Waals surface area contributed by atoms with Gasteiger partial charge in [-0.1, -0.05) is 30.9 Å². The van der Waals surface area contributed by atoms with Crippen LogP contribution in [0.5, 0.6) is 11.5 Å². The maximum atomic E-state index is 10.4. The van der Waals surface area contributed by atoms with Gasteiger partial charge in [0, 0.05) is 11.6 Å². The standard InChI is InChI=1S/C16H23ClO3/c1-3-19-15-9-12(13(17)10-16(15)20-4-2)14(18)8-11-6-5-7-11/h9-11,14,18H,3-8H2,1-2H3. The fourth-order valence-corrected chi connectivity index (χ4v) is 2.79. The minimum absolute atomic E-state index is 0.525. The number of hydrogen-bond acceptors (Lipinski definition) is 3. The Labute approximate surface area is 125 Å². The summed E-state index contributed by atoms with van der Waals surface area (Å²) >= 11 is 6.28. The SMILES string of the molecule is CCOc1cc(Cl)c(C(O)CC2CCC2)cc1OCC. The number of hydrogen-bond donors (Lipinski definition) is 1. The molecule has 1 fully saturated rings. The fourth-order valence-electron chi connectivity index (χ4n) is 2.51. The first-order chi connectivity index (χ1) is 9.65. The van der Waals surface area contributed by atoms with E-state index in [0.29, 0.717) is 35.7 Å². The van der Waals surface area contributed by atoms with E-state index in [2.05, 4.69) is 0 Å². The van der Waals surface area contributed by atoms with Gasteiger partial charge in [0.15, 0.2) is 11.5 Å². The molecule has 0 heterocycles. The molecule has 0 spiro atoms. The molecule has 20 heavy (non-hydrogen) atoms. The van der Waals surface area contributed by atoms with Gasteiger partial charge < -0.3 is 14.6 Å². The summed E-state index contributed by atoms with van der Waals surface area (Å²) in [4.78, 5) is 0. The molecule has 0 aromatic heterocycles. The molecule has 0 amide bonds. The minimum atomic E-state index is -0.525. The molecule has 1 N–H and O–H groups in total. The lowest BCUT2D eigenvalue weighted by atomic mass is 9.80. The lowest BCUT2D eigenvalue weighted by Crippen LogP contribution is -2.15. The zero-order valence-electron chi connectivity index (χ0n) is 12.2. The third-order valence-corrected chi connectivity index (χ3v) is 4.13. The van der Waals surface area contributed by atoms with Crippen molar-refractivity contribution in [1.29, 1.82) is 0 Å². The summed E-state index contributed by atoms with van der Waals surface area (Å²) in [7, 11) is 0. The molecular formula is C16H23ClO3. The largest absolute Gasteiger partial charge is 0.490 e. The highest BCUT2D eigenvalue weighted by Crippen LogP contribution is 2.40. The van der Waals surface area contributed by atoms with Gasteiger partial charge in [-0.2, -0.15) is 0 Å². The summed E-state index contributed by atoms with van der Waals surface area (Å²) in [6, 6.07) is 3.57. The normalized spacial score (nSPS) is 16.6. The number of rotatable bonds is 7. The zero-order valence-corrected chi connectivity index (χ0v) is 12.9. The average Bonchev–Trinajstić information content (AvgIpc) is 2.37. The summed E-state index contributed by atoms with van der Waals surface area (Å²) in [5, 5.41) is 10.9. The van der Waals surface area contributed by atoms with Gasteiger partial charge in [0.1, 0.15) is 0 Å². The zero-order chi connectivity index (χ0) is 14.5. The molecule has 1 unspecified atom stereocenters. The second kappa shape index (κ2) is 7.19. The topological polar surface area (TPSA) is 38.7 Å². The van der Waals surface area contributed by atoms with E-state index in [1.54, 1.807) is 6.07 Å². The summed E-state index contributed by atoms with van der Waals surface area (Å²) in [6.07, 6.45) is 3.95. The lowest BCUT2D eigenvalue weighted by Gasteiger charge is -2.28. The van der Waals surface area contributed by atoms with E-state index >= 15 is 0 Å². The van der Waals surface area contributed by atoms with Gasteiger partial charge in [-0.15, -0.1) is 0 Å². The van der Waals surface area contributed by atoms with E-state index < -0.39 is 6.10 Å². The third kappa shape index (κ3) is 3.58. The van der Waals surface area contributed by atoms with Gasteiger partial charge in [0.05, 0.1) is 24.3 Å². The Morgan fingerprint density at radius 3 is 2.30 bits per heavy atom. The van der Waals surface area contributed by atoms with Crippen LogP contribution in [0.4, 0.5) is 0 Å². The molecule has 0 bridgehead atoms. The van der Waals surface area contributed by atoms with Crippen LogP contribution in [0.3, 0.4) is 0 Å². The van der Waals surface area contributed by atoms with Crippen LogP contribution in [0, 0.1) is 5.92 Å². The summed E-state index contributed by atoms with van der Waals surface area (Å²) in [6.45, 7) is 4.96. The Morgan fingerprint density at radius 1 is 1.20 bits per heavy atom. The molecule has 2 rings (SSSR count). The van der Waals surface area contributed by atoms with Crippen molar-refractivity contribution in [2.45, 2.75) is 45.6 Å². The summed E-state index contributed by atoms with van der Waals surface area (Å²) in [5.74, 6) is 1.92. The Bertz CT molecular complexity index is 444. The number of benzene rings is 1. The van der Waals surface area contributed by atoms with Crippen molar-refractivity contribution in [3.63, 3.8) is 0 Å². The predicted octanol–water partition coefficient (Wildman–Crippen LogP) is 4.36. The predicted molar refractivity (Wildman–Crippen MR) is 80.7 cm³/mol. The van der Waals surface area contributed by atoms with Crippen molar-refractivity contribution in [2.75, 3.05) is 13.2 Å². The second-order valence-corrected chi connectivity index (χ2v) is 5.64. The highest BCUT2D eigenvalue weighted by atomic mass is 35.5. The third-order valence-electron chi connectivity index (χ3n) is 3.80. The van der Waals surface area contributed by atoms with Gasteiger partial charge in [-0.3, -0.25) is 0 Å². The van der Waals surface area contributed by atoms with E-state index in [0.717, 1.165) is 12.0 Å². The maximum Gasteiger partial charge on any atom is 0.162 e. The van der Waals surface area contributed by atoms with Gasteiger partial charge in [-0.25, -0.2) is 0 Å². The maximum absolute atomic E-state index is 10.4. The number of ether oxygens (including phenoxy) is 2. The first-order valence-corrected chi connectivity index (χ1v) is 7.80. The smallest absolute Gasteiger partial charge is 0.162 e. The van der Waals surface area contributed by atoms with E-state index in [4.69, 9.17) is 21.1 Å². The van der Waals surface area contributed by atoms with Gasteiger partial charge in [0.25, 0.3) is 0 Å². The van der Waals surface area contributed by atoms with Gasteiger partial charge in [0.2, 0.25) is 0 Å². The number of aliphatic hydroxyl groups excluding tert-OH is 1. The van der Waals surface area contributed by atoms with E-state index in [-0.39, 0.29) is 0 Å². The van der Waals surface area contributed by atoms with Crippen LogP contribution < -0.4 is 9.47 Å². The van der Waals surface area contributed by atoms with Crippen molar-refractivity contribution >= 4 is 11.6 Å². The number of aliphatic hydroxyl groups is 1. The Kier molecular flexibility index (Phi) is 5.55. The highest BCUT2D eigenvalue weighted by Gasteiger charge is 2.24. The average molecular weight is 299 g/mol. The van der Waals surface area contributed by atoms with Crippen LogP contribution in [-0.4, -0.2) is 18.3 Å². The molecule has 0 aliphatic heterocycles. The monoisotopic (exact) mass is 298 g/mol. The van der Waals surface area contributed by atoms with Crippen LogP contribution in [0.15, 0.2) is 12.1 Å². The minimum Gasteiger partial charge on any atom is -0.490 e. The van der Waals surface area contributed by atoms with Gasteiger partial charge >= 0.3 is 0 Å². The van der Waals surface area contributed by atoms with Crippen LogP contribution in [0.25, 0.3) is 0 Å². The van der Waals surface area contributed by atoms with Crippen molar-refractivity contribution in [2.24, 2.45) is 5.92 Å². The quantitative estimate of drug-likeness (QED) is 0.813. The van der Waals surface area contributed by atoms with E-state index in [1.165, 1.54) is 19.3 Å². The summed E-state index contributed by atoms with van der Waals surface area (Å²) < 4.78 is 11.1. The second-order valence-electron chi connectivity index (χ2n) is 5.23. The molecule has 1 saturated carbocycles. The van der Waals surface area contributed by atoms with Crippen LogP contribution in [-0.2, 0) is 0 Å². The molecule has 4 heteroatoms. The van der Waals surface area contributed by atoms with Crippen molar-refractivity contribution in [1.82, 2.24) is 0 Å². The molecule has 112 valence electrons. The Morgan fingerprint density at radius 2 is 1.80 bits per heavy atom. The summed E-state index contributed by atoms with van der Waals surface area (Å²) in [5.41, 5.74) is 0.741. The molecule has 3 nitrogen and oxygen atoms in total. The van der Waals surface area contributed by atoms with Crippen molar-refractivity contribution in [3.05, 3.63) is 22.7 Å². The van der Waals surface area contributed by atoms with Crippen LogP contribution in [0.2, 0.25) is 5.02 Å². The molecule has 1 aliphatic carbocycles. The van der Waals surface area contributed by atoms with Crippen molar-refractivity contribution in [3.8, 4) is 11.5 Å². The van der Waals surface area contributed by atoms with E-state index in [1.807, 2.05) is 19.9 Å². The molecule has 1 aromatic rings.